The third-order valence-electron chi connectivity index (χ3n) is 3.07. The van der Waals surface area contributed by atoms with Gasteiger partial charge in [-0.3, -0.25) is 0 Å². The number of aromatic hydroxyl groups is 1. The van der Waals surface area contributed by atoms with Gasteiger partial charge in [0.25, 0.3) is 0 Å². The second-order valence-electron chi connectivity index (χ2n) is 5.74. The molecule has 0 bridgehead atoms. The molecular weight excluding hydrogens is 240 g/mol. The quantitative estimate of drug-likeness (QED) is 0.794. The van der Waals surface area contributed by atoms with E-state index in [-0.39, 0.29) is 11.2 Å². The topological polar surface area (TPSA) is 58.7 Å². The molecule has 4 heteroatoms. The molecule has 1 aromatic rings. The van der Waals surface area contributed by atoms with Crippen LogP contribution in [0.3, 0.4) is 0 Å². The van der Waals surface area contributed by atoms with E-state index in [1.54, 1.807) is 6.07 Å². The Bertz CT molecular complexity index is 405. The maximum atomic E-state index is 10.1. The summed E-state index contributed by atoms with van der Waals surface area (Å²) in [5, 5.41) is 10.1. The molecule has 0 aliphatic rings. The third kappa shape index (κ3) is 4.73. The fourth-order valence-corrected chi connectivity index (χ4v) is 2.11. The van der Waals surface area contributed by atoms with Crippen molar-refractivity contribution in [3.8, 4) is 11.5 Å². The highest BCUT2D eigenvalue weighted by Crippen LogP contribution is 2.30. The summed E-state index contributed by atoms with van der Waals surface area (Å²) in [6.07, 6.45) is 0. The molecule has 0 aliphatic carbocycles. The van der Waals surface area contributed by atoms with Crippen molar-refractivity contribution in [1.29, 1.82) is 0 Å². The Morgan fingerprint density at radius 1 is 1.37 bits per heavy atom. The number of hydrogen-bond donors (Lipinski definition) is 2. The summed E-state index contributed by atoms with van der Waals surface area (Å²) in [4.78, 5) is 2.16. The molecule has 0 amide bonds. The monoisotopic (exact) mass is 266 g/mol. The first kappa shape index (κ1) is 15.8. The average molecular weight is 266 g/mol. The van der Waals surface area contributed by atoms with Crippen LogP contribution in [-0.4, -0.2) is 36.8 Å². The van der Waals surface area contributed by atoms with Crippen molar-refractivity contribution in [2.45, 2.75) is 27.3 Å². The van der Waals surface area contributed by atoms with Gasteiger partial charge in [-0.1, -0.05) is 26.0 Å². The SMILES string of the molecule is CCOc1cccc(CN(C)CC(C)(C)CN)c1O. The molecule has 3 N–H and O–H groups in total. The van der Waals surface area contributed by atoms with Crippen LogP contribution in [0.4, 0.5) is 0 Å². The van der Waals surface area contributed by atoms with E-state index in [2.05, 4.69) is 18.7 Å². The maximum Gasteiger partial charge on any atom is 0.162 e. The lowest BCUT2D eigenvalue weighted by Gasteiger charge is -2.29. The summed E-state index contributed by atoms with van der Waals surface area (Å²) in [5.74, 6) is 0.785. The van der Waals surface area contributed by atoms with Crippen LogP contribution in [0.15, 0.2) is 18.2 Å². The van der Waals surface area contributed by atoms with Gasteiger partial charge in [-0.15, -0.1) is 0 Å². The Hall–Kier alpha value is -1.26. The molecule has 0 radical (unpaired) electrons. The summed E-state index contributed by atoms with van der Waals surface area (Å²) < 4.78 is 5.39. The fraction of sp³-hybridized carbons (Fsp3) is 0.600. The highest BCUT2D eigenvalue weighted by molar-refractivity contribution is 5.45. The highest BCUT2D eigenvalue weighted by atomic mass is 16.5. The van der Waals surface area contributed by atoms with Gasteiger partial charge >= 0.3 is 0 Å². The largest absolute Gasteiger partial charge is 0.504 e. The number of ether oxygens (including phenoxy) is 1. The molecule has 1 rings (SSSR count). The number of nitrogens with zero attached hydrogens (tertiary/aromatic N) is 1. The molecule has 1 aromatic carbocycles. The number of nitrogens with two attached hydrogens (primary N) is 1. The van der Waals surface area contributed by atoms with Crippen LogP contribution in [0.5, 0.6) is 11.5 Å². The average Bonchev–Trinajstić information content (AvgIpc) is 2.34. The van der Waals surface area contributed by atoms with Gasteiger partial charge in [0.15, 0.2) is 11.5 Å². The number of hydrogen-bond acceptors (Lipinski definition) is 4. The lowest BCUT2D eigenvalue weighted by molar-refractivity contribution is 0.207. The first-order valence-corrected chi connectivity index (χ1v) is 6.72. The molecule has 0 unspecified atom stereocenters. The smallest absolute Gasteiger partial charge is 0.162 e. The standard InChI is InChI=1S/C15H26N2O2/c1-5-19-13-8-6-7-12(14(13)18)9-17(4)11-15(2,3)10-16/h6-8,18H,5,9-11,16H2,1-4H3. The van der Waals surface area contributed by atoms with Crippen molar-refractivity contribution in [2.24, 2.45) is 11.1 Å². The fourth-order valence-electron chi connectivity index (χ4n) is 2.11. The van der Waals surface area contributed by atoms with Crippen LogP contribution in [-0.2, 0) is 6.54 Å². The molecule has 108 valence electrons. The first-order chi connectivity index (χ1) is 8.89. The molecule has 0 aliphatic heterocycles. The Kier molecular flexibility index (Phi) is 5.63. The first-order valence-electron chi connectivity index (χ1n) is 6.72. The number of para-hydroxylation sites is 1. The molecule has 0 atom stereocenters. The second kappa shape index (κ2) is 6.78. The second-order valence-corrected chi connectivity index (χ2v) is 5.74. The molecule has 0 fully saturated rings. The van der Waals surface area contributed by atoms with Gasteiger partial charge in [0, 0.05) is 18.7 Å². The summed E-state index contributed by atoms with van der Waals surface area (Å²) in [5.41, 5.74) is 6.69. The van der Waals surface area contributed by atoms with E-state index in [1.807, 2.05) is 26.1 Å². The molecule has 19 heavy (non-hydrogen) atoms. The minimum atomic E-state index is 0.0713. The highest BCUT2D eigenvalue weighted by Gasteiger charge is 2.19. The number of benzene rings is 1. The number of rotatable bonds is 7. The normalized spacial score (nSPS) is 11.9. The van der Waals surface area contributed by atoms with Gasteiger partial charge in [0.2, 0.25) is 0 Å². The Labute approximate surface area is 116 Å². The van der Waals surface area contributed by atoms with E-state index in [0.717, 1.165) is 12.1 Å². The van der Waals surface area contributed by atoms with Gasteiger partial charge < -0.3 is 20.5 Å². The predicted molar refractivity (Wildman–Crippen MR) is 78.4 cm³/mol. The maximum absolute atomic E-state index is 10.1. The number of phenolic OH excluding ortho intramolecular Hbond substituents is 1. The van der Waals surface area contributed by atoms with Gasteiger partial charge in [-0.25, -0.2) is 0 Å². The lowest BCUT2D eigenvalue weighted by atomic mass is 9.93. The zero-order valence-corrected chi connectivity index (χ0v) is 12.4. The molecule has 0 spiro atoms. The van der Waals surface area contributed by atoms with Crippen LogP contribution in [0.2, 0.25) is 0 Å². The van der Waals surface area contributed by atoms with Crippen molar-refractivity contribution in [2.75, 3.05) is 26.7 Å². The van der Waals surface area contributed by atoms with Crippen molar-refractivity contribution in [3.05, 3.63) is 23.8 Å². The van der Waals surface area contributed by atoms with Gasteiger partial charge in [-0.2, -0.15) is 0 Å². The summed E-state index contributed by atoms with van der Waals surface area (Å²) >= 11 is 0. The predicted octanol–water partition coefficient (Wildman–Crippen LogP) is 2.21. The third-order valence-corrected chi connectivity index (χ3v) is 3.07. The van der Waals surface area contributed by atoms with Crippen LogP contribution in [0.1, 0.15) is 26.3 Å². The van der Waals surface area contributed by atoms with E-state index < -0.39 is 0 Å². The van der Waals surface area contributed by atoms with E-state index in [4.69, 9.17) is 10.5 Å². The van der Waals surface area contributed by atoms with Crippen molar-refractivity contribution in [1.82, 2.24) is 4.90 Å². The zero-order chi connectivity index (χ0) is 14.5. The summed E-state index contributed by atoms with van der Waals surface area (Å²) in [6.45, 7) is 8.93. The van der Waals surface area contributed by atoms with Crippen LogP contribution in [0.25, 0.3) is 0 Å². The molecular formula is C15H26N2O2. The molecule has 0 saturated heterocycles. The van der Waals surface area contributed by atoms with Gasteiger partial charge in [0.1, 0.15) is 0 Å². The van der Waals surface area contributed by atoms with Gasteiger partial charge in [-0.05, 0) is 32.0 Å². The Balaban J connectivity index is 2.74. The van der Waals surface area contributed by atoms with E-state index in [9.17, 15) is 5.11 Å². The molecule has 4 nitrogen and oxygen atoms in total. The Morgan fingerprint density at radius 2 is 2.05 bits per heavy atom. The molecule has 0 heterocycles. The van der Waals surface area contributed by atoms with Crippen LogP contribution < -0.4 is 10.5 Å². The zero-order valence-electron chi connectivity index (χ0n) is 12.4. The van der Waals surface area contributed by atoms with Crippen molar-refractivity contribution >= 4 is 0 Å². The van der Waals surface area contributed by atoms with E-state index in [1.165, 1.54) is 0 Å². The minimum Gasteiger partial charge on any atom is -0.504 e. The van der Waals surface area contributed by atoms with Gasteiger partial charge in [0.05, 0.1) is 6.61 Å². The van der Waals surface area contributed by atoms with E-state index in [0.29, 0.717) is 25.4 Å². The van der Waals surface area contributed by atoms with Crippen molar-refractivity contribution in [3.63, 3.8) is 0 Å². The lowest BCUT2D eigenvalue weighted by Crippen LogP contribution is -2.36. The number of phenols is 1. The van der Waals surface area contributed by atoms with Crippen molar-refractivity contribution < 1.29 is 9.84 Å². The molecule has 0 aromatic heterocycles. The molecule has 0 saturated carbocycles. The Morgan fingerprint density at radius 3 is 2.63 bits per heavy atom. The van der Waals surface area contributed by atoms with Crippen LogP contribution in [0, 0.1) is 5.41 Å². The van der Waals surface area contributed by atoms with E-state index >= 15 is 0 Å². The van der Waals surface area contributed by atoms with Crippen LogP contribution >= 0.6 is 0 Å². The summed E-state index contributed by atoms with van der Waals surface area (Å²) in [7, 11) is 2.03. The minimum absolute atomic E-state index is 0.0713. The summed E-state index contributed by atoms with van der Waals surface area (Å²) in [6, 6.07) is 5.61.